The van der Waals surface area contributed by atoms with E-state index in [-0.39, 0.29) is 11.3 Å². The van der Waals surface area contributed by atoms with Gasteiger partial charge in [0.25, 0.3) is 11.8 Å². The standard InChI is InChI=1S/C26H20BrClN2O5/c1-15-3-5-16(6-4-15)14-35-23-21(27)12-17(13-22(23)34-2)11-20-24(31)29-26(33)30(25(20)32)19-9-7-18(28)8-10-19/h3-13H,14H2,1-2H3,(H,29,31,33)/b20-11-. The summed E-state index contributed by atoms with van der Waals surface area (Å²) in [6.07, 6.45) is 1.39. The third-order valence-electron chi connectivity index (χ3n) is 5.25. The van der Waals surface area contributed by atoms with E-state index in [1.807, 2.05) is 31.2 Å². The van der Waals surface area contributed by atoms with E-state index in [1.54, 1.807) is 24.3 Å². The fourth-order valence-electron chi connectivity index (χ4n) is 3.45. The summed E-state index contributed by atoms with van der Waals surface area (Å²) < 4.78 is 12.0. The van der Waals surface area contributed by atoms with Crippen molar-refractivity contribution in [2.45, 2.75) is 13.5 Å². The molecule has 1 N–H and O–H groups in total. The molecule has 0 atom stereocenters. The van der Waals surface area contributed by atoms with Gasteiger partial charge >= 0.3 is 6.03 Å². The zero-order chi connectivity index (χ0) is 25.1. The summed E-state index contributed by atoms with van der Waals surface area (Å²) in [5.74, 6) is -0.656. The number of benzene rings is 3. The first kappa shape index (κ1) is 24.5. The predicted molar refractivity (Wildman–Crippen MR) is 137 cm³/mol. The van der Waals surface area contributed by atoms with Crippen molar-refractivity contribution < 1.29 is 23.9 Å². The second kappa shape index (κ2) is 10.3. The zero-order valence-electron chi connectivity index (χ0n) is 18.8. The molecule has 0 spiro atoms. The van der Waals surface area contributed by atoms with E-state index in [0.29, 0.717) is 33.2 Å². The van der Waals surface area contributed by atoms with Crippen LogP contribution in [0.15, 0.2) is 70.7 Å². The maximum atomic E-state index is 13.1. The van der Waals surface area contributed by atoms with Gasteiger partial charge in [-0.25, -0.2) is 9.69 Å². The number of nitrogens with zero attached hydrogens (tertiary/aromatic N) is 1. The summed E-state index contributed by atoms with van der Waals surface area (Å²) >= 11 is 9.39. The van der Waals surface area contributed by atoms with E-state index in [1.165, 1.54) is 25.3 Å². The van der Waals surface area contributed by atoms with Gasteiger partial charge in [-0.05, 0) is 76.5 Å². The van der Waals surface area contributed by atoms with Crippen LogP contribution in [0.5, 0.6) is 11.5 Å². The van der Waals surface area contributed by atoms with Crippen molar-refractivity contribution in [1.82, 2.24) is 5.32 Å². The van der Waals surface area contributed by atoms with Crippen molar-refractivity contribution in [3.63, 3.8) is 0 Å². The van der Waals surface area contributed by atoms with Crippen LogP contribution in [0.3, 0.4) is 0 Å². The van der Waals surface area contributed by atoms with Crippen LogP contribution in [-0.4, -0.2) is 25.0 Å². The third-order valence-corrected chi connectivity index (χ3v) is 6.09. The van der Waals surface area contributed by atoms with Crippen molar-refractivity contribution in [1.29, 1.82) is 0 Å². The summed E-state index contributed by atoms with van der Waals surface area (Å²) in [7, 11) is 1.50. The van der Waals surface area contributed by atoms with Crippen LogP contribution in [0.1, 0.15) is 16.7 Å². The number of halogens is 2. The molecule has 9 heteroatoms. The van der Waals surface area contributed by atoms with Gasteiger partial charge < -0.3 is 9.47 Å². The van der Waals surface area contributed by atoms with Gasteiger partial charge in [0.05, 0.1) is 17.3 Å². The Balaban J connectivity index is 1.63. The molecule has 3 aromatic carbocycles. The highest BCUT2D eigenvalue weighted by molar-refractivity contribution is 9.10. The number of urea groups is 1. The summed E-state index contributed by atoms with van der Waals surface area (Å²) in [6.45, 7) is 2.34. The molecule has 4 amide bonds. The molecule has 178 valence electrons. The molecule has 7 nitrogen and oxygen atoms in total. The molecule has 3 aromatic rings. The SMILES string of the molecule is COc1cc(/C=C2/C(=O)NC(=O)N(c3ccc(Cl)cc3)C2=O)cc(Br)c1OCc1ccc(C)cc1. The highest BCUT2D eigenvalue weighted by Crippen LogP contribution is 2.38. The molecule has 0 aliphatic carbocycles. The second-order valence-electron chi connectivity index (χ2n) is 7.74. The average Bonchev–Trinajstić information content (AvgIpc) is 2.83. The Hall–Kier alpha value is -3.62. The normalized spacial score (nSPS) is 14.8. The first-order valence-electron chi connectivity index (χ1n) is 10.5. The number of anilines is 1. The fourth-order valence-corrected chi connectivity index (χ4v) is 4.15. The third kappa shape index (κ3) is 5.39. The van der Waals surface area contributed by atoms with Gasteiger partial charge in [-0.3, -0.25) is 14.9 Å². The second-order valence-corrected chi connectivity index (χ2v) is 9.03. The highest BCUT2D eigenvalue weighted by Gasteiger charge is 2.36. The Morgan fingerprint density at radius 1 is 1.03 bits per heavy atom. The zero-order valence-corrected chi connectivity index (χ0v) is 21.1. The number of imide groups is 2. The van der Waals surface area contributed by atoms with Gasteiger partial charge in [-0.15, -0.1) is 0 Å². The smallest absolute Gasteiger partial charge is 0.335 e. The molecule has 1 saturated heterocycles. The molecule has 1 aliphatic heterocycles. The lowest BCUT2D eigenvalue weighted by atomic mass is 10.1. The van der Waals surface area contributed by atoms with Crippen molar-refractivity contribution in [3.8, 4) is 11.5 Å². The summed E-state index contributed by atoms with van der Waals surface area (Å²) in [6, 6.07) is 16.6. The van der Waals surface area contributed by atoms with Crippen molar-refractivity contribution >= 4 is 57.1 Å². The molecule has 1 heterocycles. The molecule has 0 unspecified atom stereocenters. The summed E-state index contributed by atoms with van der Waals surface area (Å²) in [5, 5.41) is 2.65. The van der Waals surface area contributed by atoms with Gasteiger partial charge in [-0.1, -0.05) is 41.4 Å². The topological polar surface area (TPSA) is 84.9 Å². The van der Waals surface area contributed by atoms with Gasteiger partial charge in [0.2, 0.25) is 0 Å². The number of amides is 4. The monoisotopic (exact) mass is 554 g/mol. The van der Waals surface area contributed by atoms with Crippen LogP contribution in [0.25, 0.3) is 6.08 Å². The number of hydrogen-bond acceptors (Lipinski definition) is 5. The molecule has 0 radical (unpaired) electrons. The minimum atomic E-state index is -0.835. The number of rotatable bonds is 6. The first-order valence-corrected chi connectivity index (χ1v) is 11.7. The van der Waals surface area contributed by atoms with E-state index >= 15 is 0 Å². The molecular formula is C26H20BrClN2O5. The summed E-state index contributed by atoms with van der Waals surface area (Å²) in [4.78, 5) is 38.9. The molecular weight excluding hydrogens is 536 g/mol. The van der Waals surface area contributed by atoms with Crippen LogP contribution in [-0.2, 0) is 16.2 Å². The Bertz CT molecular complexity index is 1340. The average molecular weight is 556 g/mol. The number of carbonyl (C=O) groups is 3. The maximum Gasteiger partial charge on any atom is 0.335 e. The van der Waals surface area contributed by atoms with E-state index < -0.39 is 17.8 Å². The fraction of sp³-hybridized carbons (Fsp3) is 0.115. The minimum Gasteiger partial charge on any atom is -0.493 e. The molecule has 0 bridgehead atoms. The van der Waals surface area contributed by atoms with Crippen molar-refractivity contribution in [2.24, 2.45) is 0 Å². The molecule has 1 aliphatic rings. The number of barbiturate groups is 1. The van der Waals surface area contributed by atoms with E-state index in [2.05, 4.69) is 21.2 Å². The van der Waals surface area contributed by atoms with E-state index in [4.69, 9.17) is 21.1 Å². The Labute approximate surface area is 215 Å². The van der Waals surface area contributed by atoms with Crippen LogP contribution < -0.4 is 19.7 Å². The summed E-state index contributed by atoms with van der Waals surface area (Å²) in [5.41, 5.74) is 2.73. The number of ether oxygens (including phenoxy) is 2. The number of hydrogen-bond donors (Lipinski definition) is 1. The number of aryl methyl sites for hydroxylation is 1. The molecule has 35 heavy (non-hydrogen) atoms. The number of carbonyl (C=O) groups excluding carboxylic acids is 3. The maximum absolute atomic E-state index is 13.1. The van der Waals surface area contributed by atoms with Crippen LogP contribution in [0.2, 0.25) is 5.02 Å². The largest absolute Gasteiger partial charge is 0.493 e. The molecule has 4 rings (SSSR count). The van der Waals surface area contributed by atoms with Crippen molar-refractivity contribution in [3.05, 3.63) is 92.4 Å². The Morgan fingerprint density at radius 3 is 2.37 bits per heavy atom. The predicted octanol–water partition coefficient (Wildman–Crippen LogP) is 5.66. The van der Waals surface area contributed by atoms with Crippen molar-refractivity contribution in [2.75, 3.05) is 12.0 Å². The Kier molecular flexibility index (Phi) is 7.23. The van der Waals surface area contributed by atoms with Gasteiger partial charge in [0, 0.05) is 5.02 Å². The van der Waals surface area contributed by atoms with E-state index in [0.717, 1.165) is 16.0 Å². The van der Waals surface area contributed by atoms with Gasteiger partial charge in [0.15, 0.2) is 11.5 Å². The lowest BCUT2D eigenvalue weighted by Crippen LogP contribution is -2.54. The number of nitrogens with one attached hydrogen (secondary N) is 1. The molecule has 1 fully saturated rings. The molecule has 0 aromatic heterocycles. The highest BCUT2D eigenvalue weighted by atomic mass is 79.9. The van der Waals surface area contributed by atoms with Crippen LogP contribution >= 0.6 is 27.5 Å². The Morgan fingerprint density at radius 2 is 1.71 bits per heavy atom. The van der Waals surface area contributed by atoms with Gasteiger partial charge in [-0.2, -0.15) is 0 Å². The number of methoxy groups -OCH3 is 1. The first-order chi connectivity index (χ1) is 16.8. The van der Waals surface area contributed by atoms with E-state index in [9.17, 15) is 14.4 Å². The van der Waals surface area contributed by atoms with Gasteiger partial charge in [0.1, 0.15) is 12.2 Å². The quantitative estimate of drug-likeness (QED) is 0.313. The van der Waals surface area contributed by atoms with Crippen LogP contribution in [0, 0.1) is 6.92 Å². The lowest BCUT2D eigenvalue weighted by Gasteiger charge is -2.26. The van der Waals surface area contributed by atoms with Crippen LogP contribution in [0.4, 0.5) is 10.5 Å². The lowest BCUT2D eigenvalue weighted by molar-refractivity contribution is -0.122. The molecule has 0 saturated carbocycles. The minimum absolute atomic E-state index is 0.207.